The lowest BCUT2D eigenvalue weighted by Crippen LogP contribution is -2.27. The molecule has 0 saturated carbocycles. The monoisotopic (exact) mass is 567 g/mol. The fraction of sp³-hybridized carbons (Fsp3) is 0.0833. The van der Waals surface area contributed by atoms with Crippen molar-refractivity contribution < 1.29 is 14.1 Å². The Morgan fingerprint density at radius 1 is 1.14 bits per heavy atom. The number of aromatic nitrogens is 3. The summed E-state index contributed by atoms with van der Waals surface area (Å²) in [6.07, 6.45) is -0.167. The Morgan fingerprint density at radius 2 is 1.92 bits per heavy atom. The number of benzene rings is 3. The molecule has 180 valence electrons. The lowest BCUT2D eigenvalue weighted by Gasteiger charge is -2.12. The van der Waals surface area contributed by atoms with E-state index in [9.17, 15) is 24.1 Å². The molecule has 3 aromatic carbocycles. The third-order valence-electron chi connectivity index (χ3n) is 5.44. The summed E-state index contributed by atoms with van der Waals surface area (Å²) in [5.41, 5.74) is 0.683. The predicted molar refractivity (Wildman–Crippen MR) is 138 cm³/mol. The molecule has 1 amide bonds. The van der Waals surface area contributed by atoms with E-state index in [1.807, 2.05) is 0 Å². The lowest BCUT2D eigenvalue weighted by molar-refractivity contribution is -0.384. The van der Waals surface area contributed by atoms with E-state index in [0.717, 1.165) is 16.0 Å². The zero-order valence-electron chi connectivity index (χ0n) is 18.3. The van der Waals surface area contributed by atoms with Crippen molar-refractivity contribution in [3.8, 4) is 0 Å². The molecule has 1 N–H and O–H groups in total. The van der Waals surface area contributed by atoms with Gasteiger partial charge in [0.2, 0.25) is 5.91 Å². The van der Waals surface area contributed by atoms with E-state index in [-0.39, 0.29) is 29.3 Å². The molecule has 0 atom stereocenters. The number of fused-ring (bicyclic) bond motifs is 2. The molecule has 0 unspecified atom stereocenters. The Labute approximate surface area is 214 Å². The molecule has 36 heavy (non-hydrogen) atoms. The van der Waals surface area contributed by atoms with Gasteiger partial charge in [-0.1, -0.05) is 51.5 Å². The number of nitro groups is 1. The molecule has 0 radical (unpaired) electrons. The van der Waals surface area contributed by atoms with Gasteiger partial charge in [0.05, 0.1) is 39.2 Å². The molecule has 0 saturated heterocycles. The summed E-state index contributed by atoms with van der Waals surface area (Å²) in [6, 6.07) is 15.6. The molecular weight excluding hydrogens is 553 g/mol. The van der Waals surface area contributed by atoms with E-state index in [4.69, 9.17) is 0 Å². The SMILES string of the molecule is O=C(Cc1nn(Cc2ccc(Br)cc2F)c(=O)c2ccccc12)Nc1nc2ccc([N+](=O)[O-])cc2s1. The second-order valence-electron chi connectivity index (χ2n) is 7.84. The molecule has 2 heterocycles. The highest BCUT2D eigenvalue weighted by molar-refractivity contribution is 9.10. The molecule has 2 aromatic heterocycles. The quantitative estimate of drug-likeness (QED) is 0.226. The van der Waals surface area contributed by atoms with Crippen molar-refractivity contribution >= 4 is 65.0 Å². The first-order valence-electron chi connectivity index (χ1n) is 10.6. The Morgan fingerprint density at radius 3 is 2.67 bits per heavy atom. The lowest BCUT2D eigenvalue weighted by atomic mass is 10.1. The number of hydrogen-bond donors (Lipinski definition) is 1. The van der Waals surface area contributed by atoms with Crippen LogP contribution in [0.15, 0.2) is 69.9 Å². The highest BCUT2D eigenvalue weighted by Crippen LogP contribution is 2.29. The summed E-state index contributed by atoms with van der Waals surface area (Å²) in [6.45, 7) is -0.103. The van der Waals surface area contributed by atoms with Crippen LogP contribution in [0.25, 0.3) is 21.0 Å². The minimum absolute atomic E-state index is 0.0656. The molecule has 12 heteroatoms. The number of carbonyl (C=O) groups is 1. The number of anilines is 1. The molecule has 0 aliphatic carbocycles. The van der Waals surface area contributed by atoms with Crippen molar-refractivity contribution in [3.63, 3.8) is 0 Å². The first-order valence-corrected chi connectivity index (χ1v) is 12.2. The fourth-order valence-electron chi connectivity index (χ4n) is 3.75. The summed E-state index contributed by atoms with van der Waals surface area (Å²) >= 11 is 4.33. The number of thiazole rings is 1. The van der Waals surface area contributed by atoms with Crippen molar-refractivity contribution in [1.82, 2.24) is 14.8 Å². The van der Waals surface area contributed by atoms with Crippen LogP contribution in [0.3, 0.4) is 0 Å². The first-order chi connectivity index (χ1) is 17.3. The number of nitro benzene ring substituents is 1. The predicted octanol–water partition coefficient (Wildman–Crippen LogP) is 5.05. The standard InChI is InChI=1S/C24H15BrFN5O4S/c25-14-6-5-13(18(26)9-14)12-30-23(33)17-4-2-1-3-16(17)20(29-30)11-22(32)28-24-27-19-8-7-15(31(34)35)10-21(19)36-24/h1-10H,11-12H2,(H,27,28,32). The van der Waals surface area contributed by atoms with Crippen LogP contribution in [-0.2, 0) is 17.8 Å². The summed E-state index contributed by atoms with van der Waals surface area (Å²) in [5.74, 6) is -0.914. The molecule has 0 bridgehead atoms. The number of nitrogens with zero attached hydrogens (tertiary/aromatic N) is 4. The van der Waals surface area contributed by atoms with E-state index in [1.54, 1.807) is 36.4 Å². The van der Waals surface area contributed by atoms with Crippen LogP contribution in [0.5, 0.6) is 0 Å². The summed E-state index contributed by atoms with van der Waals surface area (Å²) in [4.78, 5) is 40.7. The maximum Gasteiger partial charge on any atom is 0.274 e. The third kappa shape index (κ3) is 4.72. The molecule has 0 aliphatic rings. The van der Waals surface area contributed by atoms with Gasteiger partial charge in [-0.2, -0.15) is 5.10 Å². The van der Waals surface area contributed by atoms with Crippen LogP contribution in [0.2, 0.25) is 0 Å². The van der Waals surface area contributed by atoms with Gasteiger partial charge in [-0.15, -0.1) is 0 Å². The Bertz CT molecular complexity index is 1740. The minimum Gasteiger partial charge on any atom is -0.302 e. The average molecular weight is 568 g/mol. The molecule has 9 nitrogen and oxygen atoms in total. The second kappa shape index (κ2) is 9.55. The van der Waals surface area contributed by atoms with Crippen LogP contribution >= 0.6 is 27.3 Å². The van der Waals surface area contributed by atoms with Gasteiger partial charge in [-0.3, -0.25) is 19.7 Å². The van der Waals surface area contributed by atoms with E-state index in [1.165, 1.54) is 24.3 Å². The van der Waals surface area contributed by atoms with Crippen LogP contribution in [0.1, 0.15) is 11.3 Å². The van der Waals surface area contributed by atoms with Crippen molar-refractivity contribution in [1.29, 1.82) is 0 Å². The summed E-state index contributed by atoms with van der Waals surface area (Å²) in [5, 5.41) is 19.3. The molecular formula is C24H15BrFN5O4S. The zero-order valence-corrected chi connectivity index (χ0v) is 20.7. The third-order valence-corrected chi connectivity index (χ3v) is 6.86. The van der Waals surface area contributed by atoms with Crippen LogP contribution in [-0.4, -0.2) is 25.6 Å². The summed E-state index contributed by atoms with van der Waals surface area (Å²) in [7, 11) is 0. The van der Waals surface area contributed by atoms with Gasteiger partial charge in [-0.25, -0.2) is 14.1 Å². The van der Waals surface area contributed by atoms with Crippen molar-refractivity contribution in [2.75, 3.05) is 5.32 Å². The normalized spacial score (nSPS) is 11.2. The Kier molecular flexibility index (Phi) is 6.29. The van der Waals surface area contributed by atoms with Crippen LogP contribution in [0.4, 0.5) is 15.2 Å². The molecule has 5 rings (SSSR count). The maximum atomic E-state index is 14.4. The number of hydrogen-bond acceptors (Lipinski definition) is 7. The Balaban J connectivity index is 1.45. The van der Waals surface area contributed by atoms with Gasteiger partial charge in [0.25, 0.3) is 11.2 Å². The van der Waals surface area contributed by atoms with Gasteiger partial charge in [-0.05, 0) is 24.3 Å². The van der Waals surface area contributed by atoms with Gasteiger partial charge in [0, 0.05) is 27.6 Å². The number of amides is 1. The van der Waals surface area contributed by atoms with Crippen molar-refractivity contribution in [2.24, 2.45) is 0 Å². The van der Waals surface area contributed by atoms with E-state index >= 15 is 0 Å². The highest BCUT2D eigenvalue weighted by atomic mass is 79.9. The minimum atomic E-state index is -0.497. The molecule has 0 fully saturated rings. The van der Waals surface area contributed by atoms with Gasteiger partial charge >= 0.3 is 0 Å². The zero-order chi connectivity index (χ0) is 25.4. The Hall–Kier alpha value is -4.03. The molecule has 0 spiro atoms. The topological polar surface area (TPSA) is 120 Å². The van der Waals surface area contributed by atoms with Gasteiger partial charge < -0.3 is 5.32 Å². The van der Waals surface area contributed by atoms with Crippen LogP contribution in [0, 0.1) is 15.9 Å². The number of carbonyl (C=O) groups excluding carboxylic acids is 1. The number of halogens is 2. The second-order valence-corrected chi connectivity index (χ2v) is 9.79. The average Bonchev–Trinajstić information content (AvgIpc) is 3.24. The maximum absolute atomic E-state index is 14.4. The number of rotatable bonds is 6. The number of nitrogens with one attached hydrogen (secondary N) is 1. The van der Waals surface area contributed by atoms with E-state index in [0.29, 0.717) is 31.2 Å². The number of non-ortho nitro benzene ring substituents is 1. The smallest absolute Gasteiger partial charge is 0.274 e. The van der Waals surface area contributed by atoms with Crippen molar-refractivity contribution in [3.05, 3.63) is 103 Å². The van der Waals surface area contributed by atoms with Crippen molar-refractivity contribution in [2.45, 2.75) is 13.0 Å². The summed E-state index contributed by atoms with van der Waals surface area (Å²) < 4.78 is 16.7. The van der Waals surface area contributed by atoms with Gasteiger partial charge in [0.1, 0.15) is 5.82 Å². The van der Waals surface area contributed by atoms with E-state index in [2.05, 4.69) is 31.3 Å². The first kappa shape index (κ1) is 23.7. The van der Waals surface area contributed by atoms with Crippen LogP contribution < -0.4 is 10.9 Å². The highest BCUT2D eigenvalue weighted by Gasteiger charge is 2.17. The molecule has 5 aromatic rings. The fourth-order valence-corrected chi connectivity index (χ4v) is 5.00. The molecule has 0 aliphatic heterocycles. The van der Waals surface area contributed by atoms with Gasteiger partial charge in [0.15, 0.2) is 5.13 Å². The largest absolute Gasteiger partial charge is 0.302 e. The van der Waals surface area contributed by atoms with E-state index < -0.39 is 22.2 Å².